The van der Waals surface area contributed by atoms with Gasteiger partial charge in [-0.2, -0.15) is 5.26 Å². The van der Waals surface area contributed by atoms with Crippen molar-refractivity contribution in [3.05, 3.63) is 59.7 Å². The Balaban J connectivity index is 2.15. The Bertz CT molecular complexity index is 737. The van der Waals surface area contributed by atoms with Crippen molar-refractivity contribution in [2.45, 2.75) is 18.7 Å². The van der Waals surface area contributed by atoms with Gasteiger partial charge in [0.2, 0.25) is 0 Å². The largest absolute Gasteiger partial charge is 0.593 e. The van der Waals surface area contributed by atoms with Crippen molar-refractivity contribution in [3.63, 3.8) is 0 Å². The number of anilines is 1. The van der Waals surface area contributed by atoms with Crippen LogP contribution in [0.15, 0.2) is 53.4 Å². The first-order valence-electron chi connectivity index (χ1n) is 7.67. The van der Waals surface area contributed by atoms with Crippen LogP contribution in [0.1, 0.15) is 29.8 Å². The molecule has 6 heteroatoms. The third-order valence-corrected chi connectivity index (χ3v) is 5.15. The van der Waals surface area contributed by atoms with Crippen LogP contribution >= 0.6 is 0 Å². The molecule has 2 aromatic rings. The molecule has 0 heterocycles. The van der Waals surface area contributed by atoms with Gasteiger partial charge in [-0.15, -0.1) is 4.31 Å². The van der Waals surface area contributed by atoms with Crippen LogP contribution in [-0.2, 0) is 11.4 Å². The lowest BCUT2D eigenvalue weighted by atomic mass is 10.2. The third-order valence-electron chi connectivity index (χ3n) is 3.51. The molecule has 124 valence electrons. The highest BCUT2D eigenvalue weighted by Gasteiger charge is 2.20. The number of nitriles is 1. The van der Waals surface area contributed by atoms with Gasteiger partial charge in [-0.1, -0.05) is 6.07 Å². The zero-order valence-corrected chi connectivity index (χ0v) is 14.5. The molecule has 0 bridgehead atoms. The average Bonchev–Trinajstić information content (AvgIpc) is 2.63. The number of carbonyl (C=O) groups is 1. The summed E-state index contributed by atoms with van der Waals surface area (Å²) in [6.45, 7) is 5.24. The van der Waals surface area contributed by atoms with Gasteiger partial charge in [0.15, 0.2) is 4.90 Å². The molecular weight excluding hydrogens is 322 g/mol. The van der Waals surface area contributed by atoms with Gasteiger partial charge in [0, 0.05) is 30.4 Å². The smallest absolute Gasteiger partial charge is 0.255 e. The topological polar surface area (TPSA) is 79.2 Å². The van der Waals surface area contributed by atoms with Crippen molar-refractivity contribution in [1.29, 1.82) is 5.26 Å². The van der Waals surface area contributed by atoms with Crippen LogP contribution < -0.4 is 5.32 Å². The Hall–Kier alpha value is -2.33. The van der Waals surface area contributed by atoms with Gasteiger partial charge in [-0.05, 0) is 50.2 Å². The van der Waals surface area contributed by atoms with Gasteiger partial charge in [0.25, 0.3) is 5.91 Å². The van der Waals surface area contributed by atoms with E-state index in [1.54, 1.807) is 48.5 Å². The van der Waals surface area contributed by atoms with Gasteiger partial charge in [-0.3, -0.25) is 4.79 Å². The fraction of sp³-hybridized carbons (Fsp3) is 0.222. The first kappa shape index (κ1) is 18.0. The monoisotopic (exact) mass is 341 g/mol. The Kier molecular flexibility index (Phi) is 6.38. The zero-order chi connectivity index (χ0) is 17.5. The van der Waals surface area contributed by atoms with E-state index in [1.165, 1.54) is 0 Å². The van der Waals surface area contributed by atoms with Crippen molar-refractivity contribution in [3.8, 4) is 6.07 Å². The number of nitrogens with one attached hydrogen (secondary N) is 1. The van der Waals surface area contributed by atoms with Crippen LogP contribution in [0, 0.1) is 11.3 Å². The molecular formula is C18H19N3O2S. The highest BCUT2D eigenvalue weighted by Crippen LogP contribution is 2.18. The van der Waals surface area contributed by atoms with Gasteiger partial charge < -0.3 is 9.87 Å². The summed E-state index contributed by atoms with van der Waals surface area (Å²) in [5, 5.41) is 11.6. The lowest BCUT2D eigenvalue weighted by Gasteiger charge is -2.21. The Morgan fingerprint density at radius 1 is 1.21 bits per heavy atom. The van der Waals surface area contributed by atoms with Crippen molar-refractivity contribution in [1.82, 2.24) is 4.31 Å². The zero-order valence-electron chi connectivity index (χ0n) is 13.7. The Morgan fingerprint density at radius 3 is 2.46 bits per heavy atom. The molecule has 1 unspecified atom stereocenters. The first-order chi connectivity index (χ1) is 11.6. The summed E-state index contributed by atoms with van der Waals surface area (Å²) in [5.41, 5.74) is 1.58. The molecule has 0 radical (unpaired) electrons. The van der Waals surface area contributed by atoms with Crippen molar-refractivity contribution >= 4 is 23.0 Å². The van der Waals surface area contributed by atoms with E-state index < -0.39 is 11.4 Å². The molecule has 0 aromatic heterocycles. The third kappa shape index (κ3) is 4.36. The van der Waals surface area contributed by atoms with Crippen molar-refractivity contribution in [2.75, 3.05) is 18.4 Å². The minimum Gasteiger partial charge on any atom is -0.593 e. The maximum Gasteiger partial charge on any atom is 0.255 e. The standard InChI is InChI=1S/C18H19N3O2S/c1-3-21(4-2)24(23)17-7-5-6-15(12-17)18(22)20-16-10-8-14(13-19)9-11-16/h5-12H,3-4H2,1-2H3,(H,20,22). The number of amides is 1. The highest BCUT2D eigenvalue weighted by atomic mass is 32.2. The molecule has 1 amide bonds. The fourth-order valence-corrected chi connectivity index (χ4v) is 3.37. The average molecular weight is 341 g/mol. The van der Waals surface area contributed by atoms with Crippen LogP contribution in [-0.4, -0.2) is 27.9 Å². The molecule has 0 saturated carbocycles. The summed E-state index contributed by atoms with van der Waals surface area (Å²) in [5.74, 6) is -0.280. The van der Waals surface area contributed by atoms with E-state index in [0.717, 1.165) is 0 Å². The van der Waals surface area contributed by atoms with Crippen LogP contribution in [0.25, 0.3) is 0 Å². The maximum absolute atomic E-state index is 12.5. The molecule has 1 atom stereocenters. The van der Waals surface area contributed by atoms with Gasteiger partial charge in [-0.25, -0.2) is 0 Å². The number of rotatable bonds is 6. The van der Waals surface area contributed by atoms with Crippen LogP contribution in [0.3, 0.4) is 0 Å². The maximum atomic E-state index is 12.5. The van der Waals surface area contributed by atoms with Gasteiger partial charge >= 0.3 is 0 Å². The molecule has 0 fully saturated rings. The first-order valence-corrected chi connectivity index (χ1v) is 8.78. The fourth-order valence-electron chi connectivity index (χ4n) is 2.18. The predicted molar refractivity (Wildman–Crippen MR) is 94.9 cm³/mol. The van der Waals surface area contributed by atoms with Gasteiger partial charge in [0.1, 0.15) is 0 Å². The van der Waals surface area contributed by atoms with E-state index >= 15 is 0 Å². The predicted octanol–water partition coefficient (Wildman–Crippen LogP) is 3.17. The SMILES string of the molecule is CCN(CC)[S+]([O-])c1cccc(C(=O)Nc2ccc(C#N)cc2)c1. The van der Waals surface area contributed by atoms with E-state index in [2.05, 4.69) is 5.32 Å². The summed E-state index contributed by atoms with van der Waals surface area (Å²) in [6, 6.07) is 15.5. The molecule has 1 N–H and O–H groups in total. The molecule has 5 nitrogen and oxygen atoms in total. The lowest BCUT2D eigenvalue weighted by Crippen LogP contribution is -2.30. The quantitative estimate of drug-likeness (QED) is 0.819. The summed E-state index contributed by atoms with van der Waals surface area (Å²) in [7, 11) is 0. The van der Waals surface area contributed by atoms with E-state index in [1.807, 2.05) is 24.2 Å². The van der Waals surface area contributed by atoms with Crippen LogP contribution in [0.2, 0.25) is 0 Å². The van der Waals surface area contributed by atoms with Crippen LogP contribution in [0.4, 0.5) is 5.69 Å². The molecule has 0 aliphatic carbocycles. The van der Waals surface area contributed by atoms with Gasteiger partial charge in [0.05, 0.1) is 23.0 Å². The molecule has 0 aliphatic rings. The number of hydrogen-bond donors (Lipinski definition) is 1. The van der Waals surface area contributed by atoms with E-state index in [4.69, 9.17) is 5.26 Å². The summed E-state index contributed by atoms with van der Waals surface area (Å²) < 4.78 is 14.3. The summed E-state index contributed by atoms with van der Waals surface area (Å²) in [6.07, 6.45) is 0. The second kappa shape index (κ2) is 8.50. The van der Waals surface area contributed by atoms with Crippen LogP contribution in [0.5, 0.6) is 0 Å². The molecule has 24 heavy (non-hydrogen) atoms. The highest BCUT2D eigenvalue weighted by molar-refractivity contribution is 7.89. The second-order valence-electron chi connectivity index (χ2n) is 5.03. The molecule has 2 rings (SSSR count). The van der Waals surface area contributed by atoms with E-state index in [-0.39, 0.29) is 5.91 Å². The van der Waals surface area contributed by atoms with E-state index in [9.17, 15) is 9.35 Å². The Morgan fingerprint density at radius 2 is 1.88 bits per heavy atom. The van der Waals surface area contributed by atoms with E-state index in [0.29, 0.717) is 34.8 Å². The second-order valence-corrected chi connectivity index (χ2v) is 6.52. The number of carbonyl (C=O) groups excluding carboxylic acids is 1. The molecule has 0 aliphatic heterocycles. The molecule has 2 aromatic carbocycles. The summed E-state index contributed by atoms with van der Waals surface area (Å²) >= 11 is -1.28. The minimum atomic E-state index is -1.28. The number of benzene rings is 2. The molecule has 0 spiro atoms. The van der Waals surface area contributed by atoms with Crippen molar-refractivity contribution < 1.29 is 9.35 Å². The lowest BCUT2D eigenvalue weighted by molar-refractivity contribution is 0.102. The normalized spacial score (nSPS) is 11.8. The number of hydrogen-bond acceptors (Lipinski definition) is 4. The van der Waals surface area contributed by atoms with Crippen molar-refractivity contribution in [2.24, 2.45) is 0 Å². The molecule has 0 saturated heterocycles. The minimum absolute atomic E-state index is 0.280. The Labute approximate surface area is 145 Å². The number of nitrogens with zero attached hydrogens (tertiary/aromatic N) is 2. The summed E-state index contributed by atoms with van der Waals surface area (Å²) in [4.78, 5) is 13.0.